The van der Waals surface area contributed by atoms with E-state index in [2.05, 4.69) is 5.32 Å². The van der Waals surface area contributed by atoms with Gasteiger partial charge in [-0.05, 0) is 39.0 Å². The third kappa shape index (κ3) is 4.30. The van der Waals surface area contributed by atoms with Crippen LogP contribution in [0.1, 0.15) is 20.8 Å². The van der Waals surface area contributed by atoms with Gasteiger partial charge >= 0.3 is 6.03 Å². The van der Waals surface area contributed by atoms with Gasteiger partial charge < -0.3 is 15.8 Å². The molecule has 0 atom stereocenters. The van der Waals surface area contributed by atoms with Gasteiger partial charge in [0.1, 0.15) is 10.6 Å². The number of sulfonamides is 1. The van der Waals surface area contributed by atoms with Gasteiger partial charge in [0.15, 0.2) is 0 Å². The van der Waals surface area contributed by atoms with Crippen LogP contribution in [0, 0.1) is 0 Å². The zero-order valence-corrected chi connectivity index (χ0v) is 12.7. The van der Waals surface area contributed by atoms with Crippen molar-refractivity contribution in [3.05, 3.63) is 18.2 Å². The Balaban J connectivity index is 3.06. The predicted molar refractivity (Wildman–Crippen MR) is 76.0 cm³/mol. The van der Waals surface area contributed by atoms with E-state index in [4.69, 9.17) is 10.5 Å². The number of carbonyl (C=O) groups is 1. The number of hydrogen-bond acceptors (Lipinski definition) is 5. The highest BCUT2D eigenvalue weighted by Gasteiger charge is 2.24. The number of nitrogens with two attached hydrogens (primary N) is 1. The summed E-state index contributed by atoms with van der Waals surface area (Å²) in [5, 5.41) is 2.50. The second-order valence-electron chi connectivity index (χ2n) is 5.22. The number of hydrogen-bond donors (Lipinski definition) is 3. The van der Waals surface area contributed by atoms with Crippen LogP contribution in [-0.4, -0.2) is 27.1 Å². The summed E-state index contributed by atoms with van der Waals surface area (Å²) in [6.07, 6.45) is 0. The number of rotatable bonds is 3. The maximum Gasteiger partial charge on any atom is 0.329 e. The molecule has 0 fully saturated rings. The van der Waals surface area contributed by atoms with Crippen LogP contribution in [0.25, 0.3) is 0 Å². The largest absolute Gasteiger partial charge is 0.495 e. The van der Waals surface area contributed by atoms with Crippen LogP contribution in [0.3, 0.4) is 0 Å². The third-order valence-corrected chi connectivity index (χ3v) is 3.54. The van der Waals surface area contributed by atoms with Crippen molar-refractivity contribution in [2.75, 3.05) is 12.8 Å². The number of nitrogen functional groups attached to an aromatic ring is 1. The fraction of sp³-hybridized carbons (Fsp3) is 0.417. The highest BCUT2D eigenvalue weighted by atomic mass is 32.2. The minimum absolute atomic E-state index is 0.107. The number of amides is 2. The first-order valence-corrected chi connectivity index (χ1v) is 7.32. The molecule has 4 N–H and O–H groups in total. The zero-order valence-electron chi connectivity index (χ0n) is 11.9. The van der Waals surface area contributed by atoms with Gasteiger partial charge in [0.2, 0.25) is 0 Å². The van der Waals surface area contributed by atoms with E-state index in [1.807, 2.05) is 4.72 Å². The van der Waals surface area contributed by atoms with Crippen LogP contribution in [0.5, 0.6) is 5.75 Å². The van der Waals surface area contributed by atoms with Crippen molar-refractivity contribution in [2.45, 2.75) is 31.2 Å². The lowest BCUT2D eigenvalue weighted by molar-refractivity contribution is 0.237. The second-order valence-corrected chi connectivity index (χ2v) is 6.87. The van der Waals surface area contributed by atoms with Gasteiger partial charge in [-0.15, -0.1) is 0 Å². The van der Waals surface area contributed by atoms with E-state index in [1.54, 1.807) is 20.8 Å². The Kier molecular flexibility index (Phi) is 4.49. The molecule has 0 aromatic heterocycles. The highest BCUT2D eigenvalue weighted by molar-refractivity contribution is 7.90. The Morgan fingerprint density at radius 3 is 2.40 bits per heavy atom. The molecule has 7 nitrogen and oxygen atoms in total. The minimum Gasteiger partial charge on any atom is -0.495 e. The Labute approximate surface area is 118 Å². The van der Waals surface area contributed by atoms with E-state index in [-0.39, 0.29) is 16.3 Å². The molecule has 1 aromatic carbocycles. The molecular formula is C12H19N3O4S. The number of ether oxygens (including phenoxy) is 1. The molecule has 0 aliphatic rings. The average molecular weight is 301 g/mol. The summed E-state index contributed by atoms with van der Waals surface area (Å²) >= 11 is 0. The summed E-state index contributed by atoms with van der Waals surface area (Å²) in [5.74, 6) is 0.107. The van der Waals surface area contributed by atoms with Crippen LogP contribution in [-0.2, 0) is 10.0 Å². The molecule has 0 unspecified atom stereocenters. The first-order chi connectivity index (χ1) is 9.05. The fourth-order valence-electron chi connectivity index (χ4n) is 1.45. The van der Waals surface area contributed by atoms with Crippen molar-refractivity contribution in [1.82, 2.24) is 10.0 Å². The summed E-state index contributed by atoms with van der Waals surface area (Å²) in [6, 6.07) is 3.34. The number of nitrogens with one attached hydrogen (secondary N) is 2. The van der Waals surface area contributed by atoms with E-state index in [0.717, 1.165) is 0 Å². The molecule has 0 aliphatic carbocycles. The van der Waals surface area contributed by atoms with Gasteiger partial charge in [-0.3, -0.25) is 0 Å². The van der Waals surface area contributed by atoms with Crippen LogP contribution >= 0.6 is 0 Å². The average Bonchev–Trinajstić information content (AvgIpc) is 2.25. The molecule has 0 radical (unpaired) electrons. The van der Waals surface area contributed by atoms with Crippen LogP contribution in [0.2, 0.25) is 0 Å². The molecule has 0 bridgehead atoms. The molecule has 8 heteroatoms. The predicted octanol–water partition coefficient (Wildman–Crippen LogP) is 1.06. The summed E-state index contributed by atoms with van der Waals surface area (Å²) in [7, 11) is -2.73. The highest BCUT2D eigenvalue weighted by Crippen LogP contribution is 2.25. The Morgan fingerprint density at radius 1 is 1.30 bits per heavy atom. The first-order valence-electron chi connectivity index (χ1n) is 5.83. The molecule has 0 saturated heterocycles. The zero-order chi connectivity index (χ0) is 15.6. The van der Waals surface area contributed by atoms with Crippen molar-refractivity contribution < 1.29 is 17.9 Å². The first kappa shape index (κ1) is 16.1. The lowest BCUT2D eigenvalue weighted by Crippen LogP contribution is -2.48. The molecule has 0 spiro atoms. The van der Waals surface area contributed by atoms with Crippen molar-refractivity contribution in [1.29, 1.82) is 0 Å². The molecule has 1 rings (SSSR count). The number of benzene rings is 1. The van der Waals surface area contributed by atoms with E-state index in [9.17, 15) is 13.2 Å². The van der Waals surface area contributed by atoms with Gasteiger partial charge in [0, 0.05) is 11.2 Å². The maximum atomic E-state index is 12.2. The van der Waals surface area contributed by atoms with Gasteiger partial charge in [-0.25, -0.2) is 17.9 Å². The minimum atomic E-state index is -4.06. The number of anilines is 1. The molecule has 1 aromatic rings. The fourth-order valence-corrected chi connectivity index (χ4v) is 2.56. The van der Waals surface area contributed by atoms with Gasteiger partial charge in [-0.1, -0.05) is 0 Å². The lowest BCUT2D eigenvalue weighted by atomic mass is 10.1. The Morgan fingerprint density at radius 2 is 1.90 bits per heavy atom. The quantitative estimate of drug-likeness (QED) is 0.723. The van der Waals surface area contributed by atoms with Crippen molar-refractivity contribution >= 4 is 21.7 Å². The molecule has 0 saturated carbocycles. The molecule has 0 heterocycles. The normalized spacial score (nSPS) is 11.8. The van der Waals surface area contributed by atoms with E-state index in [1.165, 1.54) is 25.3 Å². The van der Waals surface area contributed by atoms with Crippen LogP contribution in [0.15, 0.2) is 23.1 Å². The maximum absolute atomic E-state index is 12.2. The van der Waals surface area contributed by atoms with Crippen molar-refractivity contribution in [2.24, 2.45) is 0 Å². The standard InChI is InChI=1S/C12H19N3O4S/c1-12(2,3)14-11(16)15-20(17,18)10-7-8(13)5-6-9(10)19-4/h5-7H,13H2,1-4H3,(H2,14,15,16). The SMILES string of the molecule is COc1ccc(N)cc1S(=O)(=O)NC(=O)NC(C)(C)C. The van der Waals surface area contributed by atoms with Crippen LogP contribution in [0.4, 0.5) is 10.5 Å². The van der Waals surface area contributed by atoms with E-state index in [0.29, 0.717) is 0 Å². The summed E-state index contributed by atoms with van der Waals surface area (Å²) in [6.45, 7) is 5.21. The van der Waals surface area contributed by atoms with Gasteiger partial charge in [0.25, 0.3) is 10.0 Å². The van der Waals surface area contributed by atoms with E-state index < -0.39 is 21.6 Å². The van der Waals surface area contributed by atoms with Gasteiger partial charge in [0.05, 0.1) is 7.11 Å². The number of urea groups is 1. The van der Waals surface area contributed by atoms with Crippen molar-refractivity contribution in [3.63, 3.8) is 0 Å². The molecular weight excluding hydrogens is 282 g/mol. The van der Waals surface area contributed by atoms with E-state index >= 15 is 0 Å². The van der Waals surface area contributed by atoms with Gasteiger partial charge in [-0.2, -0.15) is 0 Å². The molecule has 0 aliphatic heterocycles. The third-order valence-electron chi connectivity index (χ3n) is 2.19. The summed E-state index contributed by atoms with van der Waals surface area (Å²) in [4.78, 5) is 11.5. The Hall–Kier alpha value is -1.96. The monoisotopic (exact) mass is 301 g/mol. The van der Waals surface area contributed by atoms with Crippen molar-refractivity contribution in [3.8, 4) is 5.75 Å². The van der Waals surface area contributed by atoms with Crippen LogP contribution < -0.4 is 20.5 Å². The Bertz CT molecular complexity index is 606. The molecule has 20 heavy (non-hydrogen) atoms. The summed E-state index contributed by atoms with van der Waals surface area (Å²) in [5.41, 5.74) is 5.26. The number of carbonyl (C=O) groups excluding carboxylic acids is 1. The number of methoxy groups -OCH3 is 1. The molecule has 2 amide bonds. The second kappa shape index (κ2) is 5.58. The molecule has 112 valence electrons. The lowest BCUT2D eigenvalue weighted by Gasteiger charge is -2.21. The topological polar surface area (TPSA) is 111 Å². The summed E-state index contributed by atoms with van der Waals surface area (Å²) < 4.78 is 31.2. The smallest absolute Gasteiger partial charge is 0.329 e.